The Bertz CT molecular complexity index is 1110. The number of hydrogen-bond donors (Lipinski definition) is 1. The molecule has 0 heterocycles. The van der Waals surface area contributed by atoms with Gasteiger partial charge in [-0.3, -0.25) is 9.59 Å². The molecule has 34 heavy (non-hydrogen) atoms. The minimum atomic E-state index is -0.674. The van der Waals surface area contributed by atoms with Crippen molar-refractivity contribution in [3.05, 3.63) is 108 Å². The third-order valence-electron chi connectivity index (χ3n) is 4.99. The fourth-order valence-corrected chi connectivity index (χ4v) is 3.15. The van der Waals surface area contributed by atoms with Crippen LogP contribution in [0.1, 0.15) is 23.6 Å². The van der Waals surface area contributed by atoms with E-state index in [-0.39, 0.29) is 5.78 Å². The first kappa shape index (κ1) is 24.5. The molecule has 0 saturated carbocycles. The van der Waals surface area contributed by atoms with E-state index in [1.54, 1.807) is 6.08 Å². The molecule has 0 aliphatic carbocycles. The van der Waals surface area contributed by atoms with Crippen LogP contribution in [0.5, 0.6) is 5.75 Å². The van der Waals surface area contributed by atoms with Gasteiger partial charge < -0.3 is 14.8 Å². The summed E-state index contributed by atoms with van der Waals surface area (Å²) in [5.74, 6) is -0.629. The molecule has 6 nitrogen and oxygen atoms in total. The predicted molar refractivity (Wildman–Crippen MR) is 130 cm³/mol. The zero-order chi connectivity index (χ0) is 24.2. The normalized spacial score (nSPS) is 11.6. The quantitative estimate of drug-likeness (QED) is 0.346. The maximum absolute atomic E-state index is 12.1. The monoisotopic (exact) mass is 457 g/mol. The van der Waals surface area contributed by atoms with Crippen LogP contribution < -0.4 is 10.1 Å². The van der Waals surface area contributed by atoms with E-state index in [0.717, 1.165) is 22.4 Å². The molecule has 1 N–H and O–H groups in total. The molecule has 1 atom stereocenters. The third kappa shape index (κ3) is 8.39. The van der Waals surface area contributed by atoms with Crippen molar-refractivity contribution in [1.82, 2.24) is 5.32 Å². The van der Waals surface area contributed by atoms with E-state index in [2.05, 4.69) is 5.32 Å². The molecular weight excluding hydrogens is 430 g/mol. The lowest BCUT2D eigenvalue weighted by Crippen LogP contribution is -2.43. The van der Waals surface area contributed by atoms with Crippen LogP contribution in [0, 0.1) is 0 Å². The summed E-state index contributed by atoms with van der Waals surface area (Å²) in [6.07, 6.45) is 3.22. The van der Waals surface area contributed by atoms with Gasteiger partial charge in [0.2, 0.25) is 0 Å². The first-order valence-corrected chi connectivity index (χ1v) is 10.9. The number of carbonyl (C=O) groups excluding carboxylic acids is 3. The summed E-state index contributed by atoms with van der Waals surface area (Å²) >= 11 is 0. The van der Waals surface area contributed by atoms with Crippen molar-refractivity contribution in [2.45, 2.75) is 26.0 Å². The molecule has 0 bridgehead atoms. The largest absolute Gasteiger partial charge is 0.489 e. The van der Waals surface area contributed by atoms with Crippen LogP contribution in [0.2, 0.25) is 0 Å². The highest BCUT2D eigenvalue weighted by Crippen LogP contribution is 2.15. The summed E-state index contributed by atoms with van der Waals surface area (Å²) in [6, 6.07) is 25.8. The molecule has 1 unspecified atom stereocenters. The summed E-state index contributed by atoms with van der Waals surface area (Å²) in [5.41, 5.74) is 2.79. The van der Waals surface area contributed by atoms with Crippen LogP contribution in [0.3, 0.4) is 0 Å². The molecule has 0 aliphatic rings. The van der Waals surface area contributed by atoms with Crippen LogP contribution in [0.15, 0.2) is 91.0 Å². The Labute approximate surface area is 199 Å². The number of rotatable bonds is 11. The minimum absolute atomic E-state index is 0.167. The van der Waals surface area contributed by atoms with Crippen molar-refractivity contribution in [2.24, 2.45) is 0 Å². The zero-order valence-electron chi connectivity index (χ0n) is 19.0. The number of carbonyl (C=O) groups is 3. The van der Waals surface area contributed by atoms with E-state index in [1.807, 2.05) is 84.9 Å². The van der Waals surface area contributed by atoms with E-state index in [1.165, 1.54) is 13.0 Å². The molecule has 174 valence electrons. The van der Waals surface area contributed by atoms with Crippen molar-refractivity contribution in [2.75, 3.05) is 6.61 Å². The SMILES string of the molecule is CC(=O)C(Cc1ccccc1)NC(=O)COC(=O)/C=C/c1ccc(OCc2ccccc2)cc1. The molecule has 1 amide bonds. The molecule has 3 aromatic carbocycles. The summed E-state index contributed by atoms with van der Waals surface area (Å²) < 4.78 is 10.7. The average Bonchev–Trinajstić information content (AvgIpc) is 2.86. The number of Topliss-reactive ketones (excluding diaryl/α,β-unsaturated/α-hetero) is 1. The van der Waals surface area contributed by atoms with Crippen molar-refractivity contribution in [3.63, 3.8) is 0 Å². The maximum atomic E-state index is 12.1. The number of amides is 1. The Kier molecular flexibility index (Phi) is 9.17. The van der Waals surface area contributed by atoms with E-state index in [9.17, 15) is 14.4 Å². The van der Waals surface area contributed by atoms with Gasteiger partial charge in [0.05, 0.1) is 6.04 Å². The van der Waals surface area contributed by atoms with Crippen molar-refractivity contribution < 1.29 is 23.9 Å². The van der Waals surface area contributed by atoms with Crippen molar-refractivity contribution >= 4 is 23.7 Å². The van der Waals surface area contributed by atoms with E-state index in [0.29, 0.717) is 13.0 Å². The van der Waals surface area contributed by atoms with Gasteiger partial charge in [0.15, 0.2) is 12.4 Å². The van der Waals surface area contributed by atoms with Crippen LogP contribution in [0.4, 0.5) is 0 Å². The second-order valence-corrected chi connectivity index (χ2v) is 7.70. The fourth-order valence-electron chi connectivity index (χ4n) is 3.15. The third-order valence-corrected chi connectivity index (χ3v) is 4.99. The van der Waals surface area contributed by atoms with Crippen LogP contribution >= 0.6 is 0 Å². The minimum Gasteiger partial charge on any atom is -0.489 e. The van der Waals surface area contributed by atoms with Crippen LogP contribution in [-0.2, 0) is 32.1 Å². The van der Waals surface area contributed by atoms with Crippen molar-refractivity contribution in [1.29, 1.82) is 0 Å². The second-order valence-electron chi connectivity index (χ2n) is 7.70. The lowest BCUT2D eigenvalue weighted by Gasteiger charge is -2.16. The lowest BCUT2D eigenvalue weighted by molar-refractivity contribution is -0.144. The van der Waals surface area contributed by atoms with E-state index >= 15 is 0 Å². The van der Waals surface area contributed by atoms with Gasteiger partial charge in [0, 0.05) is 6.08 Å². The Morgan fingerprint density at radius 3 is 2.09 bits per heavy atom. The highest BCUT2D eigenvalue weighted by Gasteiger charge is 2.18. The highest BCUT2D eigenvalue weighted by atomic mass is 16.5. The van der Waals surface area contributed by atoms with Gasteiger partial charge in [-0.25, -0.2) is 4.79 Å². The van der Waals surface area contributed by atoms with E-state index in [4.69, 9.17) is 9.47 Å². The summed E-state index contributed by atoms with van der Waals surface area (Å²) in [5, 5.41) is 2.62. The van der Waals surface area contributed by atoms with Gasteiger partial charge in [0.25, 0.3) is 5.91 Å². The molecule has 3 aromatic rings. The molecule has 0 spiro atoms. The van der Waals surface area contributed by atoms with Gasteiger partial charge in [-0.05, 0) is 48.2 Å². The smallest absolute Gasteiger partial charge is 0.331 e. The number of ketones is 1. The molecule has 6 heteroatoms. The molecular formula is C28H27NO5. The van der Waals surface area contributed by atoms with Gasteiger partial charge in [-0.2, -0.15) is 0 Å². The maximum Gasteiger partial charge on any atom is 0.331 e. The molecule has 0 saturated heterocycles. The van der Waals surface area contributed by atoms with Crippen LogP contribution in [0.25, 0.3) is 6.08 Å². The topological polar surface area (TPSA) is 81.7 Å². The van der Waals surface area contributed by atoms with Gasteiger partial charge in [-0.1, -0.05) is 72.8 Å². The standard InChI is InChI=1S/C28H27NO5/c1-21(30)26(18-23-8-4-2-5-9-23)29-27(31)20-34-28(32)17-14-22-12-15-25(16-13-22)33-19-24-10-6-3-7-11-24/h2-17,26H,18-20H2,1H3,(H,29,31)/b17-14+. The van der Waals surface area contributed by atoms with Gasteiger partial charge in [-0.15, -0.1) is 0 Å². The number of nitrogens with one attached hydrogen (secondary N) is 1. The number of hydrogen-bond acceptors (Lipinski definition) is 5. The highest BCUT2D eigenvalue weighted by molar-refractivity contribution is 5.91. The van der Waals surface area contributed by atoms with Crippen LogP contribution in [-0.4, -0.2) is 30.3 Å². The molecule has 0 aromatic heterocycles. The number of benzene rings is 3. The van der Waals surface area contributed by atoms with Crippen molar-refractivity contribution in [3.8, 4) is 5.75 Å². The molecule has 0 fully saturated rings. The Hall–Kier alpha value is -4.19. The predicted octanol–water partition coefficient (Wildman–Crippen LogP) is 4.14. The Morgan fingerprint density at radius 2 is 1.47 bits per heavy atom. The second kappa shape index (κ2) is 12.7. The average molecular weight is 458 g/mol. The first-order valence-electron chi connectivity index (χ1n) is 10.9. The summed E-state index contributed by atoms with van der Waals surface area (Å²) in [7, 11) is 0. The Morgan fingerprint density at radius 1 is 0.853 bits per heavy atom. The van der Waals surface area contributed by atoms with Gasteiger partial charge in [0.1, 0.15) is 12.4 Å². The van der Waals surface area contributed by atoms with Gasteiger partial charge >= 0.3 is 5.97 Å². The zero-order valence-corrected chi connectivity index (χ0v) is 19.0. The Balaban J connectivity index is 1.42. The molecule has 0 radical (unpaired) electrons. The summed E-state index contributed by atoms with van der Waals surface area (Å²) in [6.45, 7) is 1.43. The molecule has 0 aliphatic heterocycles. The first-order chi connectivity index (χ1) is 16.5. The summed E-state index contributed by atoms with van der Waals surface area (Å²) in [4.78, 5) is 36.0. The number of ether oxygens (including phenoxy) is 2. The van der Waals surface area contributed by atoms with E-state index < -0.39 is 24.5 Å². The fraction of sp³-hybridized carbons (Fsp3) is 0.179. The lowest BCUT2D eigenvalue weighted by atomic mass is 10.0. The number of esters is 1. The molecule has 3 rings (SSSR count).